The van der Waals surface area contributed by atoms with Gasteiger partial charge in [-0.2, -0.15) is 5.26 Å². The van der Waals surface area contributed by atoms with E-state index in [9.17, 15) is 4.79 Å². The van der Waals surface area contributed by atoms with Gasteiger partial charge in [-0.1, -0.05) is 17.7 Å². The molecule has 0 saturated carbocycles. The van der Waals surface area contributed by atoms with Gasteiger partial charge in [-0.15, -0.1) is 5.10 Å². The third-order valence-electron chi connectivity index (χ3n) is 3.17. The summed E-state index contributed by atoms with van der Waals surface area (Å²) < 4.78 is 6.95. The fraction of sp³-hybridized carbons (Fsp3) is 0.0625. The highest BCUT2D eigenvalue weighted by Crippen LogP contribution is 2.20. The van der Waals surface area contributed by atoms with Crippen molar-refractivity contribution < 1.29 is 9.53 Å². The third-order valence-corrected chi connectivity index (χ3v) is 3.49. The maximum Gasteiger partial charge on any atom is 0.262 e. The number of aromatic nitrogens is 4. The Bertz CT molecular complexity index is 936. The summed E-state index contributed by atoms with van der Waals surface area (Å²) in [4.78, 5) is 12.0. The van der Waals surface area contributed by atoms with Gasteiger partial charge in [0.25, 0.3) is 5.91 Å². The van der Waals surface area contributed by atoms with Crippen LogP contribution in [0.4, 0.5) is 5.69 Å². The van der Waals surface area contributed by atoms with Crippen LogP contribution in [0.5, 0.6) is 5.75 Å². The summed E-state index contributed by atoms with van der Waals surface area (Å²) in [6, 6.07) is 13.6. The van der Waals surface area contributed by atoms with E-state index in [0.29, 0.717) is 22.7 Å². The van der Waals surface area contributed by atoms with Crippen LogP contribution in [0.2, 0.25) is 5.02 Å². The van der Waals surface area contributed by atoms with Crippen molar-refractivity contribution in [3.63, 3.8) is 0 Å². The van der Waals surface area contributed by atoms with E-state index >= 15 is 0 Å². The topological polar surface area (TPSA) is 106 Å². The highest BCUT2D eigenvalue weighted by atomic mass is 35.5. The molecule has 0 aliphatic heterocycles. The van der Waals surface area contributed by atoms with Crippen LogP contribution in [0.15, 0.2) is 48.8 Å². The van der Waals surface area contributed by atoms with Crippen molar-refractivity contribution in [2.45, 2.75) is 0 Å². The maximum absolute atomic E-state index is 12.0. The molecular weight excluding hydrogens is 344 g/mol. The Morgan fingerprint density at radius 3 is 2.92 bits per heavy atom. The summed E-state index contributed by atoms with van der Waals surface area (Å²) in [6.45, 7) is -0.184. The average Bonchev–Trinajstić information content (AvgIpc) is 3.15. The van der Waals surface area contributed by atoms with Crippen LogP contribution in [-0.4, -0.2) is 32.7 Å². The first-order valence-electron chi connectivity index (χ1n) is 7.11. The van der Waals surface area contributed by atoms with E-state index in [1.54, 1.807) is 24.3 Å². The highest BCUT2D eigenvalue weighted by Gasteiger charge is 2.07. The number of hydrogen-bond donors (Lipinski definition) is 1. The minimum atomic E-state index is -0.353. The molecule has 8 nitrogen and oxygen atoms in total. The SMILES string of the molecule is N#Cc1ccc(NC(=O)COc2cccc(-n3cnnn3)c2)cc1Cl. The molecule has 1 aromatic heterocycles. The zero-order valence-electron chi connectivity index (χ0n) is 12.8. The van der Waals surface area contributed by atoms with Gasteiger partial charge in [0.2, 0.25) is 0 Å². The first-order valence-corrected chi connectivity index (χ1v) is 7.49. The Kier molecular flexibility index (Phi) is 4.87. The number of rotatable bonds is 5. The van der Waals surface area contributed by atoms with E-state index in [-0.39, 0.29) is 17.5 Å². The number of nitrogens with one attached hydrogen (secondary N) is 1. The number of hydrogen-bond acceptors (Lipinski definition) is 6. The van der Waals surface area contributed by atoms with Gasteiger partial charge in [0.1, 0.15) is 18.1 Å². The third kappa shape index (κ3) is 4.10. The molecule has 2 aromatic carbocycles. The number of amides is 1. The number of benzene rings is 2. The Hall–Kier alpha value is -3.44. The Morgan fingerprint density at radius 1 is 1.32 bits per heavy atom. The number of anilines is 1. The highest BCUT2D eigenvalue weighted by molar-refractivity contribution is 6.32. The smallest absolute Gasteiger partial charge is 0.262 e. The van der Waals surface area contributed by atoms with Crippen molar-refractivity contribution in [3.05, 3.63) is 59.4 Å². The van der Waals surface area contributed by atoms with Gasteiger partial charge < -0.3 is 10.1 Å². The molecule has 0 aliphatic carbocycles. The molecule has 124 valence electrons. The number of ether oxygens (including phenoxy) is 1. The van der Waals surface area contributed by atoms with E-state index in [2.05, 4.69) is 20.8 Å². The lowest BCUT2D eigenvalue weighted by Crippen LogP contribution is -2.20. The predicted octanol–water partition coefficient (Wildman–Crippen LogP) is 2.20. The fourth-order valence-corrected chi connectivity index (χ4v) is 2.25. The van der Waals surface area contributed by atoms with E-state index in [4.69, 9.17) is 21.6 Å². The number of nitrogens with zero attached hydrogens (tertiary/aromatic N) is 5. The van der Waals surface area contributed by atoms with Crippen molar-refractivity contribution in [2.24, 2.45) is 0 Å². The zero-order chi connectivity index (χ0) is 17.6. The average molecular weight is 355 g/mol. The summed E-state index contributed by atoms with van der Waals surface area (Å²) in [5, 5.41) is 22.7. The summed E-state index contributed by atoms with van der Waals surface area (Å²) in [5.74, 6) is 0.148. The van der Waals surface area contributed by atoms with Crippen molar-refractivity contribution >= 4 is 23.2 Å². The monoisotopic (exact) mass is 354 g/mol. The van der Waals surface area contributed by atoms with E-state index in [1.807, 2.05) is 12.1 Å². The van der Waals surface area contributed by atoms with E-state index < -0.39 is 0 Å². The second-order valence-electron chi connectivity index (χ2n) is 4.90. The molecule has 0 aliphatic rings. The normalized spacial score (nSPS) is 10.1. The molecule has 25 heavy (non-hydrogen) atoms. The molecule has 0 bridgehead atoms. The van der Waals surface area contributed by atoms with Gasteiger partial charge in [-0.05, 0) is 40.8 Å². The second-order valence-corrected chi connectivity index (χ2v) is 5.30. The quantitative estimate of drug-likeness (QED) is 0.753. The van der Waals surface area contributed by atoms with Crippen LogP contribution in [0, 0.1) is 11.3 Å². The van der Waals surface area contributed by atoms with E-state index in [1.165, 1.54) is 23.1 Å². The van der Waals surface area contributed by atoms with Gasteiger partial charge in [0.05, 0.1) is 16.3 Å². The van der Waals surface area contributed by atoms with Crippen molar-refractivity contribution in [3.8, 4) is 17.5 Å². The standard InChI is InChI=1S/C16H11ClN6O2/c17-15-6-12(5-4-11(15)8-18)20-16(24)9-25-14-3-1-2-13(7-14)23-10-19-21-22-23/h1-7,10H,9H2,(H,20,24). The molecule has 1 amide bonds. The van der Waals surface area contributed by atoms with Crippen LogP contribution in [0.3, 0.4) is 0 Å². The largest absolute Gasteiger partial charge is 0.484 e. The minimum Gasteiger partial charge on any atom is -0.484 e. The lowest BCUT2D eigenvalue weighted by molar-refractivity contribution is -0.118. The lowest BCUT2D eigenvalue weighted by Gasteiger charge is -2.09. The first kappa shape index (κ1) is 16.4. The second kappa shape index (κ2) is 7.42. The zero-order valence-corrected chi connectivity index (χ0v) is 13.5. The molecule has 9 heteroatoms. The van der Waals surface area contributed by atoms with Crippen LogP contribution in [0.1, 0.15) is 5.56 Å². The Balaban J connectivity index is 1.60. The van der Waals surface area contributed by atoms with Gasteiger partial charge in [0, 0.05) is 11.8 Å². The van der Waals surface area contributed by atoms with Crippen molar-refractivity contribution in [1.82, 2.24) is 20.2 Å². The van der Waals surface area contributed by atoms with Crippen LogP contribution >= 0.6 is 11.6 Å². The van der Waals surface area contributed by atoms with Gasteiger partial charge in [-0.3, -0.25) is 4.79 Å². The number of carbonyl (C=O) groups is 1. The van der Waals surface area contributed by atoms with E-state index in [0.717, 1.165) is 0 Å². The number of carbonyl (C=O) groups excluding carboxylic acids is 1. The summed E-state index contributed by atoms with van der Waals surface area (Å²) >= 11 is 5.93. The lowest BCUT2D eigenvalue weighted by atomic mass is 10.2. The number of tetrazole rings is 1. The summed E-state index contributed by atoms with van der Waals surface area (Å²) in [7, 11) is 0. The predicted molar refractivity (Wildman–Crippen MR) is 89.4 cm³/mol. The molecule has 0 atom stereocenters. The van der Waals surface area contributed by atoms with Crippen LogP contribution in [-0.2, 0) is 4.79 Å². The summed E-state index contributed by atoms with van der Waals surface area (Å²) in [5.41, 5.74) is 1.54. The van der Waals surface area contributed by atoms with Gasteiger partial charge in [-0.25, -0.2) is 4.68 Å². The van der Waals surface area contributed by atoms with Gasteiger partial charge in [0.15, 0.2) is 6.61 Å². The molecule has 1 heterocycles. The number of nitriles is 1. The van der Waals surface area contributed by atoms with Gasteiger partial charge >= 0.3 is 0 Å². The fourth-order valence-electron chi connectivity index (χ4n) is 2.02. The summed E-state index contributed by atoms with van der Waals surface area (Å²) in [6.07, 6.45) is 1.46. The minimum absolute atomic E-state index is 0.184. The van der Waals surface area contributed by atoms with Crippen molar-refractivity contribution in [1.29, 1.82) is 5.26 Å². The molecule has 3 rings (SSSR count). The molecule has 0 unspecified atom stereocenters. The molecule has 1 N–H and O–H groups in total. The number of halogens is 1. The molecule has 0 saturated heterocycles. The first-order chi connectivity index (χ1) is 12.2. The Labute approximate surface area is 147 Å². The Morgan fingerprint density at radius 2 is 2.20 bits per heavy atom. The van der Waals surface area contributed by atoms with Crippen LogP contribution < -0.4 is 10.1 Å². The molecule has 0 spiro atoms. The molecule has 3 aromatic rings. The molecular formula is C16H11ClN6O2. The van der Waals surface area contributed by atoms with Crippen LogP contribution in [0.25, 0.3) is 5.69 Å². The molecule has 0 fully saturated rings. The molecule has 0 radical (unpaired) electrons. The van der Waals surface area contributed by atoms with Crippen molar-refractivity contribution in [2.75, 3.05) is 11.9 Å². The maximum atomic E-state index is 12.0.